The van der Waals surface area contributed by atoms with Crippen molar-refractivity contribution in [1.29, 1.82) is 0 Å². The highest BCUT2D eigenvalue weighted by molar-refractivity contribution is 9.10. The van der Waals surface area contributed by atoms with Crippen LogP contribution in [0.15, 0.2) is 45.9 Å². The predicted molar refractivity (Wildman–Crippen MR) is 91.4 cm³/mol. The second-order valence-corrected chi connectivity index (χ2v) is 8.04. The van der Waals surface area contributed by atoms with Gasteiger partial charge in [-0.15, -0.1) is 4.83 Å². The van der Waals surface area contributed by atoms with Crippen molar-refractivity contribution in [2.45, 2.75) is 24.7 Å². The Bertz CT molecular complexity index is 811. The van der Waals surface area contributed by atoms with Crippen molar-refractivity contribution >= 4 is 31.9 Å². The van der Waals surface area contributed by atoms with E-state index in [0.29, 0.717) is 11.6 Å². The van der Waals surface area contributed by atoms with Crippen LogP contribution >= 0.6 is 15.9 Å². The number of aryl methyl sites for hydroxylation is 1. The summed E-state index contributed by atoms with van der Waals surface area (Å²) >= 11 is 3.26. The van der Waals surface area contributed by atoms with Gasteiger partial charge in [0.15, 0.2) is 0 Å². The third-order valence-electron chi connectivity index (χ3n) is 3.36. The van der Waals surface area contributed by atoms with Crippen molar-refractivity contribution in [2.24, 2.45) is 7.05 Å². The molecular formula is C15H18BrN3O3S. The first-order chi connectivity index (χ1) is 10.7. The summed E-state index contributed by atoms with van der Waals surface area (Å²) in [6.07, 6.45) is 1.70. The second kappa shape index (κ2) is 6.86. The zero-order chi connectivity index (χ0) is 17.2. The smallest absolute Gasteiger partial charge is 0.282 e. The molecule has 2 N–H and O–H groups in total. The number of nitrogens with zero attached hydrogens (tertiary/aromatic N) is 1. The van der Waals surface area contributed by atoms with Crippen LogP contribution in [0, 0.1) is 0 Å². The molecule has 1 aromatic carbocycles. The maximum absolute atomic E-state index is 12.2. The van der Waals surface area contributed by atoms with Crippen LogP contribution in [0.5, 0.6) is 0 Å². The average molecular weight is 400 g/mol. The lowest BCUT2D eigenvalue weighted by Gasteiger charge is -2.10. The fourth-order valence-electron chi connectivity index (χ4n) is 2.02. The lowest BCUT2D eigenvalue weighted by atomic mass is 10.0. The molecule has 124 valence electrons. The zero-order valence-corrected chi connectivity index (χ0v) is 15.4. The number of benzene rings is 1. The fraction of sp³-hybridized carbons (Fsp3) is 0.267. The molecule has 8 heteroatoms. The number of carbonyl (C=O) groups excluding carboxylic acids is 1. The average Bonchev–Trinajstić information content (AvgIpc) is 2.83. The van der Waals surface area contributed by atoms with Crippen LogP contribution in [-0.2, 0) is 17.1 Å². The third kappa shape index (κ3) is 4.21. The Balaban J connectivity index is 2.09. The van der Waals surface area contributed by atoms with Gasteiger partial charge in [0.1, 0.15) is 5.69 Å². The van der Waals surface area contributed by atoms with E-state index in [1.54, 1.807) is 36.0 Å². The Labute approximate surface area is 144 Å². The number of hydrazine groups is 1. The van der Waals surface area contributed by atoms with Gasteiger partial charge in [0, 0.05) is 17.7 Å². The highest BCUT2D eigenvalue weighted by atomic mass is 79.9. The fourth-order valence-corrected chi connectivity index (χ4v) is 3.38. The first kappa shape index (κ1) is 17.7. The highest BCUT2D eigenvalue weighted by Crippen LogP contribution is 2.17. The Morgan fingerprint density at radius 2 is 1.83 bits per heavy atom. The van der Waals surface area contributed by atoms with E-state index in [0.717, 1.165) is 10.0 Å². The van der Waals surface area contributed by atoms with Gasteiger partial charge in [0.25, 0.3) is 15.9 Å². The van der Waals surface area contributed by atoms with Crippen LogP contribution in [0.1, 0.15) is 35.8 Å². The van der Waals surface area contributed by atoms with Crippen molar-refractivity contribution in [2.75, 3.05) is 0 Å². The van der Waals surface area contributed by atoms with Crippen LogP contribution < -0.4 is 10.3 Å². The molecule has 0 saturated carbocycles. The number of aromatic nitrogens is 1. The molecule has 0 spiro atoms. The van der Waals surface area contributed by atoms with E-state index >= 15 is 0 Å². The number of hydrogen-bond donors (Lipinski definition) is 2. The minimum absolute atomic E-state index is 0.0928. The van der Waals surface area contributed by atoms with E-state index in [-0.39, 0.29) is 4.90 Å². The van der Waals surface area contributed by atoms with Crippen LogP contribution in [0.4, 0.5) is 0 Å². The van der Waals surface area contributed by atoms with Crippen molar-refractivity contribution < 1.29 is 13.2 Å². The molecule has 0 aliphatic carbocycles. The Morgan fingerprint density at radius 3 is 2.30 bits per heavy atom. The zero-order valence-electron chi connectivity index (χ0n) is 13.0. The van der Waals surface area contributed by atoms with Crippen molar-refractivity contribution in [3.8, 4) is 0 Å². The monoisotopic (exact) mass is 399 g/mol. The molecule has 0 saturated heterocycles. The standard InChI is InChI=1S/C15H18BrN3O3S/c1-10(2)11-4-6-13(7-5-11)23(21,22)18-17-15(20)14-8-12(16)9-19(14)3/h4-10,18H,1-3H3,(H,17,20). The van der Waals surface area contributed by atoms with Gasteiger partial charge in [0.2, 0.25) is 0 Å². The van der Waals surface area contributed by atoms with E-state index < -0.39 is 15.9 Å². The number of halogens is 1. The van der Waals surface area contributed by atoms with Crippen LogP contribution in [0.3, 0.4) is 0 Å². The first-order valence-corrected chi connectivity index (χ1v) is 9.22. The lowest BCUT2D eigenvalue weighted by molar-refractivity contribution is 0.0937. The van der Waals surface area contributed by atoms with Crippen LogP contribution in [0.2, 0.25) is 0 Å². The molecule has 0 atom stereocenters. The number of carbonyl (C=O) groups is 1. The maximum atomic E-state index is 12.2. The molecular weight excluding hydrogens is 382 g/mol. The molecule has 1 aromatic heterocycles. The molecule has 0 bridgehead atoms. The summed E-state index contributed by atoms with van der Waals surface area (Å²) in [5.41, 5.74) is 3.58. The van der Waals surface area contributed by atoms with Gasteiger partial charge in [-0.1, -0.05) is 26.0 Å². The first-order valence-electron chi connectivity index (χ1n) is 6.94. The van der Waals surface area contributed by atoms with Crippen molar-refractivity contribution in [3.05, 3.63) is 52.3 Å². The molecule has 2 rings (SSSR count). The molecule has 1 amide bonds. The Kier molecular flexibility index (Phi) is 5.28. The molecule has 0 fully saturated rings. The molecule has 0 unspecified atom stereocenters. The predicted octanol–water partition coefficient (Wildman–Crippen LogP) is 2.53. The highest BCUT2D eigenvalue weighted by Gasteiger charge is 2.17. The van der Waals surface area contributed by atoms with E-state index in [9.17, 15) is 13.2 Å². The van der Waals surface area contributed by atoms with Gasteiger partial charge >= 0.3 is 0 Å². The summed E-state index contributed by atoms with van der Waals surface area (Å²) in [6, 6.07) is 8.15. The minimum atomic E-state index is -3.81. The molecule has 1 heterocycles. The summed E-state index contributed by atoms with van der Waals surface area (Å²) in [6.45, 7) is 4.06. The number of rotatable bonds is 5. The van der Waals surface area contributed by atoms with Gasteiger partial charge < -0.3 is 4.57 Å². The number of hydrogen-bond acceptors (Lipinski definition) is 3. The molecule has 2 aromatic rings. The SMILES string of the molecule is CC(C)c1ccc(S(=O)(=O)NNC(=O)c2cc(Br)cn2C)cc1. The van der Waals surface area contributed by atoms with Gasteiger partial charge in [-0.25, -0.2) is 8.42 Å². The quantitative estimate of drug-likeness (QED) is 0.757. The van der Waals surface area contributed by atoms with E-state index in [1.807, 2.05) is 13.8 Å². The van der Waals surface area contributed by atoms with Gasteiger partial charge in [-0.2, -0.15) is 0 Å². The number of sulfonamides is 1. The number of nitrogens with one attached hydrogen (secondary N) is 2. The van der Waals surface area contributed by atoms with Crippen LogP contribution in [-0.4, -0.2) is 18.9 Å². The normalized spacial score (nSPS) is 11.7. The molecule has 0 aliphatic heterocycles. The lowest BCUT2D eigenvalue weighted by Crippen LogP contribution is -2.42. The second-order valence-electron chi connectivity index (χ2n) is 5.44. The third-order valence-corrected chi connectivity index (χ3v) is 5.06. The Hall–Kier alpha value is -1.64. The van der Waals surface area contributed by atoms with E-state index in [1.165, 1.54) is 12.1 Å². The van der Waals surface area contributed by atoms with Gasteiger partial charge in [-0.3, -0.25) is 10.2 Å². The molecule has 23 heavy (non-hydrogen) atoms. The number of amides is 1. The van der Waals surface area contributed by atoms with Crippen molar-refractivity contribution in [3.63, 3.8) is 0 Å². The molecule has 0 aliphatic rings. The summed E-state index contributed by atoms with van der Waals surface area (Å²) in [4.78, 5) is 14.2. The minimum Gasteiger partial charge on any atom is -0.345 e. The molecule has 6 nitrogen and oxygen atoms in total. The molecule has 0 radical (unpaired) electrons. The Morgan fingerprint density at radius 1 is 1.22 bits per heavy atom. The largest absolute Gasteiger partial charge is 0.345 e. The van der Waals surface area contributed by atoms with Gasteiger partial charge in [-0.05, 0) is 45.6 Å². The van der Waals surface area contributed by atoms with E-state index in [4.69, 9.17) is 0 Å². The van der Waals surface area contributed by atoms with E-state index in [2.05, 4.69) is 26.2 Å². The summed E-state index contributed by atoms with van der Waals surface area (Å²) in [5, 5.41) is 0. The summed E-state index contributed by atoms with van der Waals surface area (Å²) in [5.74, 6) is -0.226. The summed E-state index contributed by atoms with van der Waals surface area (Å²) in [7, 11) is -2.12. The summed E-state index contributed by atoms with van der Waals surface area (Å²) < 4.78 is 26.7. The maximum Gasteiger partial charge on any atom is 0.282 e. The van der Waals surface area contributed by atoms with Crippen molar-refractivity contribution in [1.82, 2.24) is 14.8 Å². The van der Waals surface area contributed by atoms with Crippen LogP contribution in [0.25, 0.3) is 0 Å². The van der Waals surface area contributed by atoms with Gasteiger partial charge in [0.05, 0.1) is 4.90 Å². The topological polar surface area (TPSA) is 80.2 Å².